The van der Waals surface area contributed by atoms with E-state index >= 15 is 0 Å². The third-order valence-electron chi connectivity index (χ3n) is 3.61. The smallest absolute Gasteiger partial charge is 0.338 e. The van der Waals surface area contributed by atoms with Gasteiger partial charge in [-0.25, -0.2) is 9.59 Å². The first kappa shape index (κ1) is 17.7. The van der Waals surface area contributed by atoms with Crippen molar-refractivity contribution in [2.75, 3.05) is 19.5 Å². The number of nitrogens with one attached hydrogen (secondary N) is 1. The number of ether oxygens (including phenoxy) is 1. The molecule has 0 aromatic heterocycles. The Balaban J connectivity index is 2.58. The van der Waals surface area contributed by atoms with Crippen molar-refractivity contribution in [3.63, 3.8) is 0 Å². The van der Waals surface area contributed by atoms with E-state index in [0.29, 0.717) is 11.3 Å². The quantitative estimate of drug-likeness (QED) is 0.379. The van der Waals surface area contributed by atoms with Crippen molar-refractivity contribution >= 4 is 29.3 Å². The zero-order valence-electron chi connectivity index (χ0n) is 13.1. The van der Waals surface area contributed by atoms with Crippen molar-refractivity contribution in [3.8, 4) is 0 Å². The van der Waals surface area contributed by atoms with E-state index in [1.54, 1.807) is 13.0 Å². The maximum Gasteiger partial charge on any atom is 0.338 e. The molecule has 8 nitrogen and oxygen atoms in total. The summed E-state index contributed by atoms with van der Waals surface area (Å²) >= 11 is 5.92. The average molecular weight is 354 g/mol. The van der Waals surface area contributed by atoms with E-state index in [9.17, 15) is 19.7 Å². The molecule has 0 radical (unpaired) electrons. The zero-order chi connectivity index (χ0) is 17.9. The van der Waals surface area contributed by atoms with Gasteiger partial charge in [0.25, 0.3) is 5.69 Å². The first-order valence-corrected chi connectivity index (χ1v) is 7.68. The summed E-state index contributed by atoms with van der Waals surface area (Å²) in [6.45, 7) is 1.81. The van der Waals surface area contributed by atoms with E-state index < -0.39 is 23.0 Å². The molecule has 2 rings (SSSR count). The van der Waals surface area contributed by atoms with Crippen LogP contribution in [0.2, 0.25) is 0 Å². The van der Waals surface area contributed by atoms with Gasteiger partial charge in [-0.3, -0.25) is 15.0 Å². The van der Waals surface area contributed by atoms with Gasteiger partial charge in [0.2, 0.25) is 0 Å². The fraction of sp³-hybridized carbons (Fsp3) is 0.333. The second kappa shape index (κ2) is 7.31. The Hall–Kier alpha value is -2.61. The number of carbonyl (C=O) groups excluding carboxylic acids is 2. The lowest BCUT2D eigenvalue weighted by Gasteiger charge is -2.33. The Bertz CT molecular complexity index is 719. The first-order chi connectivity index (χ1) is 11.4. The Morgan fingerprint density at radius 3 is 2.79 bits per heavy atom. The SMILES string of the molecule is CCOC(=O)C1=C(CCl)N(C)C(=O)NC1c1cccc([N+](=O)[O-])c1. The largest absolute Gasteiger partial charge is 0.463 e. The number of rotatable bonds is 5. The van der Waals surface area contributed by atoms with Gasteiger partial charge in [0.05, 0.1) is 29.0 Å². The number of hydrogen-bond donors (Lipinski definition) is 1. The number of carbonyl (C=O) groups is 2. The lowest BCUT2D eigenvalue weighted by atomic mass is 9.94. The standard InChI is InChI=1S/C15H16ClN3O5/c1-3-24-14(20)12-11(8-16)18(2)15(21)17-13(12)9-5-4-6-10(7-9)19(22)23/h4-7,13H,3,8H2,1-2H3,(H,17,21). The Kier molecular flexibility index (Phi) is 5.40. The van der Waals surface area contributed by atoms with E-state index in [0.717, 1.165) is 0 Å². The van der Waals surface area contributed by atoms with Crippen molar-refractivity contribution in [1.82, 2.24) is 10.2 Å². The van der Waals surface area contributed by atoms with Gasteiger partial charge in [0.1, 0.15) is 0 Å². The molecule has 1 N–H and O–H groups in total. The molecular formula is C15H16ClN3O5. The van der Waals surface area contributed by atoms with Crippen LogP contribution in [0.25, 0.3) is 0 Å². The normalized spacial score (nSPS) is 17.5. The fourth-order valence-corrected chi connectivity index (χ4v) is 2.76. The molecule has 0 fully saturated rings. The molecule has 24 heavy (non-hydrogen) atoms. The van der Waals surface area contributed by atoms with Crippen LogP contribution in [-0.2, 0) is 9.53 Å². The first-order valence-electron chi connectivity index (χ1n) is 7.15. The summed E-state index contributed by atoms with van der Waals surface area (Å²) < 4.78 is 5.06. The molecule has 1 aromatic carbocycles. The topological polar surface area (TPSA) is 102 Å². The molecule has 1 heterocycles. The van der Waals surface area contributed by atoms with Gasteiger partial charge in [0, 0.05) is 24.9 Å². The molecule has 1 aromatic rings. The van der Waals surface area contributed by atoms with Crippen LogP contribution in [0.4, 0.5) is 10.5 Å². The monoisotopic (exact) mass is 353 g/mol. The van der Waals surface area contributed by atoms with Gasteiger partial charge < -0.3 is 10.1 Å². The van der Waals surface area contributed by atoms with Crippen LogP contribution in [0.5, 0.6) is 0 Å². The highest BCUT2D eigenvalue weighted by Gasteiger charge is 2.36. The maximum absolute atomic E-state index is 12.4. The number of urea groups is 1. The Morgan fingerprint density at radius 2 is 2.21 bits per heavy atom. The zero-order valence-corrected chi connectivity index (χ0v) is 13.9. The minimum atomic E-state index is -0.874. The lowest BCUT2D eigenvalue weighted by Crippen LogP contribution is -2.47. The summed E-state index contributed by atoms with van der Waals surface area (Å²) in [6, 6.07) is 4.38. The molecule has 0 saturated heterocycles. The fourth-order valence-electron chi connectivity index (χ4n) is 2.44. The molecule has 0 bridgehead atoms. The summed E-state index contributed by atoms with van der Waals surface area (Å²) in [5.41, 5.74) is 0.720. The molecule has 0 saturated carbocycles. The van der Waals surface area contributed by atoms with Crippen LogP contribution in [0.15, 0.2) is 35.5 Å². The van der Waals surface area contributed by atoms with Crippen LogP contribution in [0.1, 0.15) is 18.5 Å². The van der Waals surface area contributed by atoms with E-state index in [4.69, 9.17) is 16.3 Å². The minimum absolute atomic E-state index is 0.0799. The van der Waals surface area contributed by atoms with Crippen LogP contribution < -0.4 is 5.32 Å². The molecule has 9 heteroatoms. The summed E-state index contributed by atoms with van der Waals surface area (Å²) in [4.78, 5) is 36.2. The average Bonchev–Trinajstić information content (AvgIpc) is 2.56. The van der Waals surface area contributed by atoms with Gasteiger partial charge in [-0.15, -0.1) is 11.6 Å². The highest BCUT2D eigenvalue weighted by atomic mass is 35.5. The molecule has 0 aliphatic carbocycles. The number of alkyl halides is 1. The van der Waals surface area contributed by atoms with Gasteiger partial charge in [-0.05, 0) is 12.5 Å². The maximum atomic E-state index is 12.4. The van der Waals surface area contributed by atoms with Gasteiger partial charge >= 0.3 is 12.0 Å². The summed E-state index contributed by atoms with van der Waals surface area (Å²) in [6.07, 6.45) is 0. The van der Waals surface area contributed by atoms with Crippen LogP contribution >= 0.6 is 11.6 Å². The second-order valence-electron chi connectivity index (χ2n) is 5.01. The van der Waals surface area contributed by atoms with E-state index in [1.165, 1.54) is 30.1 Å². The van der Waals surface area contributed by atoms with E-state index in [1.807, 2.05) is 0 Å². The summed E-state index contributed by atoms with van der Waals surface area (Å²) in [5, 5.41) is 13.6. The number of nitro benzene ring substituents is 1. The van der Waals surface area contributed by atoms with Crippen molar-refractivity contribution in [1.29, 1.82) is 0 Å². The molecular weight excluding hydrogens is 338 g/mol. The second-order valence-corrected chi connectivity index (χ2v) is 5.28. The lowest BCUT2D eigenvalue weighted by molar-refractivity contribution is -0.384. The van der Waals surface area contributed by atoms with Gasteiger partial charge in [-0.2, -0.15) is 0 Å². The molecule has 1 aliphatic heterocycles. The predicted molar refractivity (Wildman–Crippen MR) is 86.5 cm³/mol. The summed E-state index contributed by atoms with van der Waals surface area (Å²) in [7, 11) is 1.48. The number of nitrogens with zero attached hydrogens (tertiary/aromatic N) is 2. The Labute approximate surface area is 143 Å². The van der Waals surface area contributed by atoms with E-state index in [-0.39, 0.29) is 23.7 Å². The van der Waals surface area contributed by atoms with Crippen molar-refractivity contribution in [2.45, 2.75) is 13.0 Å². The molecule has 2 amide bonds. The molecule has 1 atom stereocenters. The molecule has 1 aliphatic rings. The van der Waals surface area contributed by atoms with E-state index in [2.05, 4.69) is 5.32 Å². The molecule has 1 unspecified atom stereocenters. The number of hydrogen-bond acceptors (Lipinski definition) is 5. The third-order valence-corrected chi connectivity index (χ3v) is 3.87. The number of benzene rings is 1. The van der Waals surface area contributed by atoms with Gasteiger partial charge in [0.15, 0.2) is 0 Å². The highest BCUT2D eigenvalue weighted by Crippen LogP contribution is 2.32. The summed E-state index contributed by atoms with van der Waals surface area (Å²) in [5.74, 6) is -0.708. The minimum Gasteiger partial charge on any atom is -0.463 e. The number of allylic oxidation sites excluding steroid dienone is 1. The van der Waals surface area contributed by atoms with Crippen molar-refractivity contribution < 1.29 is 19.2 Å². The Morgan fingerprint density at radius 1 is 1.50 bits per heavy atom. The van der Waals surface area contributed by atoms with Crippen LogP contribution in [-0.4, -0.2) is 41.4 Å². The van der Waals surface area contributed by atoms with Gasteiger partial charge in [-0.1, -0.05) is 12.1 Å². The number of nitro groups is 1. The number of non-ortho nitro benzene ring substituents is 1. The number of esters is 1. The number of halogens is 1. The molecule has 128 valence electrons. The number of amides is 2. The van der Waals surface area contributed by atoms with Crippen LogP contribution in [0, 0.1) is 10.1 Å². The third kappa shape index (κ3) is 3.33. The molecule has 0 spiro atoms. The van der Waals surface area contributed by atoms with Crippen molar-refractivity contribution in [2.24, 2.45) is 0 Å². The predicted octanol–water partition coefficient (Wildman–Crippen LogP) is 2.35. The van der Waals surface area contributed by atoms with Crippen molar-refractivity contribution in [3.05, 3.63) is 51.2 Å². The highest BCUT2D eigenvalue weighted by molar-refractivity contribution is 6.20. The van der Waals surface area contributed by atoms with Crippen LogP contribution in [0.3, 0.4) is 0 Å².